The van der Waals surface area contributed by atoms with E-state index in [1.165, 1.54) is 6.07 Å². The van der Waals surface area contributed by atoms with E-state index < -0.39 is 17.5 Å². The summed E-state index contributed by atoms with van der Waals surface area (Å²) in [5.41, 5.74) is 0.224. The van der Waals surface area contributed by atoms with Gasteiger partial charge in [-0.2, -0.15) is 0 Å². The van der Waals surface area contributed by atoms with Crippen molar-refractivity contribution in [3.8, 4) is 0 Å². The van der Waals surface area contributed by atoms with Crippen molar-refractivity contribution in [1.29, 1.82) is 0 Å². The maximum absolute atomic E-state index is 13.5. The summed E-state index contributed by atoms with van der Waals surface area (Å²) < 4.78 is 39.3. The second-order valence-electron chi connectivity index (χ2n) is 4.09. The van der Waals surface area contributed by atoms with Gasteiger partial charge in [0.15, 0.2) is 17.5 Å². The van der Waals surface area contributed by atoms with Crippen LogP contribution in [0.25, 0.3) is 0 Å². The first-order valence-electron chi connectivity index (χ1n) is 5.27. The van der Waals surface area contributed by atoms with Crippen molar-refractivity contribution < 1.29 is 13.2 Å². The molecule has 0 aromatic heterocycles. The lowest BCUT2D eigenvalue weighted by molar-refractivity contribution is 0.411. The molecule has 1 N–H and O–H groups in total. The SMILES string of the molecule is CNCC(C)C(C)c1ccc(F)c(F)c1F. The molecule has 0 aliphatic carbocycles. The molecule has 0 amide bonds. The van der Waals surface area contributed by atoms with Crippen LogP contribution in [0, 0.1) is 23.4 Å². The predicted molar refractivity (Wildman–Crippen MR) is 57.8 cm³/mol. The summed E-state index contributed by atoms with van der Waals surface area (Å²) >= 11 is 0. The van der Waals surface area contributed by atoms with E-state index in [0.29, 0.717) is 6.54 Å². The van der Waals surface area contributed by atoms with E-state index >= 15 is 0 Å². The number of nitrogens with one attached hydrogen (secondary N) is 1. The summed E-state index contributed by atoms with van der Waals surface area (Å²) in [7, 11) is 1.80. The Morgan fingerprint density at radius 3 is 2.31 bits per heavy atom. The molecule has 0 radical (unpaired) electrons. The second-order valence-corrected chi connectivity index (χ2v) is 4.09. The first kappa shape index (κ1) is 13.0. The Hall–Kier alpha value is -1.03. The molecule has 0 spiro atoms. The molecule has 0 bridgehead atoms. The zero-order chi connectivity index (χ0) is 12.3. The van der Waals surface area contributed by atoms with Gasteiger partial charge in [0.2, 0.25) is 0 Å². The smallest absolute Gasteiger partial charge is 0.194 e. The summed E-state index contributed by atoms with van der Waals surface area (Å²) in [4.78, 5) is 0. The fourth-order valence-electron chi connectivity index (χ4n) is 1.70. The normalized spacial score (nSPS) is 14.9. The molecular weight excluding hydrogens is 215 g/mol. The Bertz CT molecular complexity index is 366. The molecule has 1 nitrogen and oxygen atoms in total. The molecule has 2 unspecified atom stereocenters. The van der Waals surface area contributed by atoms with Crippen molar-refractivity contribution in [2.75, 3.05) is 13.6 Å². The summed E-state index contributed by atoms with van der Waals surface area (Å²) in [6.07, 6.45) is 0. The minimum atomic E-state index is -1.39. The Balaban J connectivity index is 3.00. The van der Waals surface area contributed by atoms with E-state index in [4.69, 9.17) is 0 Å². The highest BCUT2D eigenvalue weighted by Crippen LogP contribution is 2.28. The first-order valence-corrected chi connectivity index (χ1v) is 5.27. The van der Waals surface area contributed by atoms with Gasteiger partial charge in [-0.15, -0.1) is 0 Å². The van der Waals surface area contributed by atoms with Crippen LogP contribution in [0.4, 0.5) is 13.2 Å². The number of rotatable bonds is 4. The van der Waals surface area contributed by atoms with E-state index in [1.54, 1.807) is 14.0 Å². The van der Waals surface area contributed by atoms with Crippen LogP contribution in [-0.4, -0.2) is 13.6 Å². The average molecular weight is 231 g/mol. The minimum absolute atomic E-state index is 0.143. The fourth-order valence-corrected chi connectivity index (χ4v) is 1.70. The van der Waals surface area contributed by atoms with Crippen LogP contribution >= 0.6 is 0 Å². The lowest BCUT2D eigenvalue weighted by atomic mass is 9.88. The zero-order valence-electron chi connectivity index (χ0n) is 9.65. The number of benzene rings is 1. The molecule has 0 saturated heterocycles. The largest absolute Gasteiger partial charge is 0.319 e. The molecule has 4 heteroatoms. The molecule has 0 aliphatic heterocycles. The van der Waals surface area contributed by atoms with Crippen LogP contribution < -0.4 is 5.32 Å². The molecular formula is C12H16F3N. The van der Waals surface area contributed by atoms with E-state index in [9.17, 15) is 13.2 Å². The van der Waals surface area contributed by atoms with Gasteiger partial charge in [-0.1, -0.05) is 19.9 Å². The first-order chi connectivity index (χ1) is 7.49. The Morgan fingerprint density at radius 2 is 1.75 bits per heavy atom. The fraction of sp³-hybridized carbons (Fsp3) is 0.500. The average Bonchev–Trinajstić information content (AvgIpc) is 2.26. The van der Waals surface area contributed by atoms with Gasteiger partial charge in [0, 0.05) is 0 Å². The van der Waals surface area contributed by atoms with Gasteiger partial charge in [-0.3, -0.25) is 0 Å². The van der Waals surface area contributed by atoms with Gasteiger partial charge in [0.1, 0.15) is 0 Å². The van der Waals surface area contributed by atoms with Gasteiger partial charge < -0.3 is 5.32 Å². The Kier molecular flexibility index (Phi) is 4.35. The standard InChI is InChI=1S/C12H16F3N/c1-7(6-16-3)8(2)9-4-5-10(13)12(15)11(9)14/h4-5,7-8,16H,6H2,1-3H3. The van der Waals surface area contributed by atoms with Crippen molar-refractivity contribution in [3.05, 3.63) is 35.1 Å². The highest BCUT2D eigenvalue weighted by Gasteiger charge is 2.21. The third-order valence-electron chi connectivity index (χ3n) is 2.94. The lowest BCUT2D eigenvalue weighted by Gasteiger charge is -2.20. The third kappa shape index (κ3) is 2.55. The molecule has 90 valence electrons. The van der Waals surface area contributed by atoms with Gasteiger partial charge in [0.05, 0.1) is 0 Å². The van der Waals surface area contributed by atoms with Gasteiger partial charge >= 0.3 is 0 Å². The maximum atomic E-state index is 13.5. The van der Waals surface area contributed by atoms with Crippen LogP contribution in [-0.2, 0) is 0 Å². The van der Waals surface area contributed by atoms with Crippen LogP contribution in [0.15, 0.2) is 12.1 Å². The van der Waals surface area contributed by atoms with Crippen molar-refractivity contribution in [1.82, 2.24) is 5.32 Å². The van der Waals surface area contributed by atoms with Crippen LogP contribution in [0.2, 0.25) is 0 Å². The highest BCUT2D eigenvalue weighted by atomic mass is 19.2. The number of hydrogen-bond donors (Lipinski definition) is 1. The molecule has 0 saturated carbocycles. The van der Waals surface area contributed by atoms with Crippen molar-refractivity contribution in [2.24, 2.45) is 5.92 Å². The summed E-state index contributed by atoms with van der Waals surface area (Å²) in [5.74, 6) is -3.63. The molecule has 16 heavy (non-hydrogen) atoms. The minimum Gasteiger partial charge on any atom is -0.319 e. The van der Waals surface area contributed by atoms with E-state index in [0.717, 1.165) is 6.07 Å². The number of hydrogen-bond acceptors (Lipinski definition) is 1. The predicted octanol–water partition coefficient (Wildman–Crippen LogP) is 3.06. The van der Waals surface area contributed by atoms with E-state index in [2.05, 4.69) is 5.32 Å². The van der Waals surface area contributed by atoms with Crippen LogP contribution in [0.1, 0.15) is 25.3 Å². The summed E-state index contributed by atoms with van der Waals surface area (Å²) in [5, 5.41) is 2.97. The van der Waals surface area contributed by atoms with Crippen LogP contribution in [0.3, 0.4) is 0 Å². The summed E-state index contributed by atoms with van der Waals surface area (Å²) in [6.45, 7) is 4.43. The Labute approximate surface area is 93.7 Å². The molecule has 1 aromatic rings. The molecule has 0 heterocycles. The van der Waals surface area contributed by atoms with E-state index in [-0.39, 0.29) is 17.4 Å². The van der Waals surface area contributed by atoms with Gasteiger partial charge in [0.25, 0.3) is 0 Å². The summed E-state index contributed by atoms with van der Waals surface area (Å²) in [6, 6.07) is 2.28. The second kappa shape index (κ2) is 5.34. The van der Waals surface area contributed by atoms with Gasteiger partial charge in [-0.25, -0.2) is 13.2 Å². The quantitative estimate of drug-likeness (QED) is 0.785. The molecule has 2 atom stereocenters. The van der Waals surface area contributed by atoms with Crippen molar-refractivity contribution in [3.63, 3.8) is 0 Å². The highest BCUT2D eigenvalue weighted by molar-refractivity contribution is 5.24. The van der Waals surface area contributed by atoms with E-state index in [1.807, 2.05) is 6.92 Å². The van der Waals surface area contributed by atoms with Gasteiger partial charge in [-0.05, 0) is 37.1 Å². The molecule has 1 rings (SSSR count). The Morgan fingerprint density at radius 1 is 1.12 bits per heavy atom. The van der Waals surface area contributed by atoms with Crippen molar-refractivity contribution >= 4 is 0 Å². The molecule has 0 aliphatic rings. The number of halogens is 3. The zero-order valence-corrected chi connectivity index (χ0v) is 9.65. The monoisotopic (exact) mass is 231 g/mol. The molecule has 0 fully saturated rings. The molecule has 1 aromatic carbocycles. The topological polar surface area (TPSA) is 12.0 Å². The third-order valence-corrected chi connectivity index (χ3v) is 2.94. The maximum Gasteiger partial charge on any atom is 0.194 e. The van der Waals surface area contributed by atoms with Crippen molar-refractivity contribution in [2.45, 2.75) is 19.8 Å². The lowest BCUT2D eigenvalue weighted by Crippen LogP contribution is -2.21. The van der Waals surface area contributed by atoms with Crippen LogP contribution in [0.5, 0.6) is 0 Å².